The predicted octanol–water partition coefficient (Wildman–Crippen LogP) is 5.07. The van der Waals surface area contributed by atoms with Crippen molar-refractivity contribution in [3.63, 3.8) is 0 Å². The van der Waals surface area contributed by atoms with E-state index in [4.69, 9.17) is 0 Å². The summed E-state index contributed by atoms with van der Waals surface area (Å²) >= 11 is 0. The highest BCUT2D eigenvalue weighted by atomic mass is 32.2. The predicted molar refractivity (Wildman–Crippen MR) is 183 cm³/mol. The number of allylic oxidation sites excluding steroid dienone is 6. The maximum atomic E-state index is 15.1. The number of ether oxygens (including phenoxy) is 1. The van der Waals surface area contributed by atoms with E-state index >= 15 is 4.39 Å². The summed E-state index contributed by atoms with van der Waals surface area (Å²) in [4.78, 5) is 15.4. The van der Waals surface area contributed by atoms with Gasteiger partial charge in [0.2, 0.25) is 0 Å². The SMILES string of the molecule is C=N/C=C(\C=NC1CCN(S(=O)C2=CC(CC(C)CN3CCC(C4=CC5C(C=C4)C(=NC)NN5C)CC3)C(F)C=C2)CC1)OC(F)F. The summed E-state index contributed by atoms with van der Waals surface area (Å²) in [6, 6.07) is 0.193. The van der Waals surface area contributed by atoms with Gasteiger partial charge in [0.15, 0.2) is 5.76 Å². The van der Waals surface area contributed by atoms with Gasteiger partial charge in [-0.2, -0.15) is 8.78 Å². The lowest BCUT2D eigenvalue weighted by Crippen LogP contribution is -2.39. The second kappa shape index (κ2) is 16.5. The van der Waals surface area contributed by atoms with E-state index in [0.717, 1.165) is 44.5 Å². The number of hydrazine groups is 1. The number of hydrogen-bond acceptors (Lipinski definition) is 7. The third-order valence-corrected chi connectivity index (χ3v) is 11.3. The van der Waals surface area contributed by atoms with E-state index in [0.29, 0.717) is 61.1 Å². The maximum Gasteiger partial charge on any atom is 0.387 e. The molecule has 0 spiro atoms. The van der Waals surface area contributed by atoms with Gasteiger partial charge in [-0.25, -0.2) is 17.9 Å². The van der Waals surface area contributed by atoms with Crippen molar-refractivity contribution in [3.05, 3.63) is 58.9 Å². The van der Waals surface area contributed by atoms with Crippen molar-refractivity contribution in [2.75, 3.05) is 46.8 Å². The van der Waals surface area contributed by atoms with Crippen molar-refractivity contribution in [2.24, 2.45) is 38.6 Å². The maximum absolute atomic E-state index is 15.1. The van der Waals surface area contributed by atoms with Gasteiger partial charge in [0.25, 0.3) is 0 Å². The molecule has 0 aromatic rings. The summed E-state index contributed by atoms with van der Waals surface area (Å²) in [7, 11) is 2.50. The van der Waals surface area contributed by atoms with E-state index < -0.39 is 23.8 Å². The largest absolute Gasteiger partial charge is 0.432 e. The van der Waals surface area contributed by atoms with E-state index in [2.05, 4.69) is 74.0 Å². The monoisotopic (exact) mass is 675 g/mol. The van der Waals surface area contributed by atoms with Gasteiger partial charge in [-0.15, -0.1) is 0 Å². The Kier molecular flexibility index (Phi) is 12.4. The van der Waals surface area contributed by atoms with Crippen molar-refractivity contribution in [1.29, 1.82) is 0 Å². The average molecular weight is 676 g/mol. The van der Waals surface area contributed by atoms with Crippen LogP contribution in [0.5, 0.6) is 0 Å². The summed E-state index contributed by atoms with van der Waals surface area (Å²) in [5, 5.41) is 2.15. The molecule has 0 aromatic heterocycles. The molecule has 3 fully saturated rings. The van der Waals surface area contributed by atoms with Crippen LogP contribution in [0.2, 0.25) is 0 Å². The highest BCUT2D eigenvalue weighted by Gasteiger charge is 2.37. The van der Waals surface area contributed by atoms with Crippen LogP contribution in [0.4, 0.5) is 13.2 Å². The second-order valence-electron chi connectivity index (χ2n) is 13.1. The van der Waals surface area contributed by atoms with Gasteiger partial charge in [0, 0.05) is 39.6 Å². The zero-order valence-corrected chi connectivity index (χ0v) is 28.4. The number of likely N-dealkylation sites (tertiary alicyclic amines) is 1. The number of hydrogen-bond donors (Lipinski definition) is 1. The minimum atomic E-state index is -2.97. The molecule has 13 heteroatoms. The molecule has 0 aromatic carbocycles. The number of aliphatic imine (C=N–C) groups is 3. The van der Waals surface area contributed by atoms with Gasteiger partial charge >= 0.3 is 6.61 Å². The lowest BCUT2D eigenvalue weighted by molar-refractivity contribution is -0.0894. The van der Waals surface area contributed by atoms with E-state index in [1.165, 1.54) is 11.8 Å². The molecule has 6 atom stereocenters. The van der Waals surface area contributed by atoms with Gasteiger partial charge in [0.1, 0.15) is 23.0 Å². The van der Waals surface area contributed by atoms with Crippen LogP contribution in [0.1, 0.15) is 39.0 Å². The van der Waals surface area contributed by atoms with Gasteiger partial charge in [-0.1, -0.05) is 31.2 Å². The summed E-state index contributed by atoms with van der Waals surface area (Å²) in [5.74, 6) is 1.69. The van der Waals surface area contributed by atoms with Gasteiger partial charge in [-0.05, 0) is 81.5 Å². The Morgan fingerprint density at radius 3 is 2.57 bits per heavy atom. The molecule has 0 radical (unpaired) electrons. The minimum absolute atomic E-state index is 0.110. The first kappa shape index (κ1) is 35.4. The first-order chi connectivity index (χ1) is 22.6. The molecule has 0 amide bonds. The fraction of sp³-hybridized carbons (Fsp3) is 0.618. The summed E-state index contributed by atoms with van der Waals surface area (Å²) in [6.45, 7) is 6.51. The van der Waals surface area contributed by atoms with Crippen molar-refractivity contribution in [3.8, 4) is 0 Å². The van der Waals surface area contributed by atoms with Crippen LogP contribution in [0, 0.1) is 23.7 Å². The van der Waals surface area contributed by atoms with Crippen molar-refractivity contribution in [2.45, 2.75) is 63.9 Å². The average Bonchev–Trinajstić information content (AvgIpc) is 3.39. The molecule has 0 saturated carbocycles. The second-order valence-corrected chi connectivity index (χ2v) is 14.6. The zero-order valence-electron chi connectivity index (χ0n) is 27.6. The molecule has 0 bridgehead atoms. The Morgan fingerprint density at radius 2 is 1.89 bits per heavy atom. The van der Waals surface area contributed by atoms with Crippen LogP contribution in [-0.4, -0.2) is 109 Å². The highest BCUT2D eigenvalue weighted by molar-refractivity contribution is 7.86. The van der Waals surface area contributed by atoms with E-state index in [1.54, 1.807) is 12.2 Å². The molecular formula is C34H48F3N7O2S. The van der Waals surface area contributed by atoms with E-state index in [-0.39, 0.29) is 17.7 Å². The molecular weight excluding hydrogens is 627 g/mol. The quantitative estimate of drug-likeness (QED) is 0.231. The molecule has 1 N–H and O–H groups in total. The first-order valence-corrected chi connectivity index (χ1v) is 17.7. The number of fused-ring (bicyclic) bond motifs is 1. The number of rotatable bonds is 12. The third kappa shape index (κ3) is 9.18. The van der Waals surface area contributed by atoms with Crippen molar-refractivity contribution >= 4 is 29.8 Å². The number of alkyl halides is 3. The Labute approximate surface area is 279 Å². The summed E-state index contributed by atoms with van der Waals surface area (Å²) in [5.41, 5.74) is 4.79. The molecule has 2 aliphatic carbocycles. The molecule has 47 heavy (non-hydrogen) atoms. The molecule has 9 nitrogen and oxygen atoms in total. The Balaban J connectivity index is 1.07. The minimum Gasteiger partial charge on any atom is -0.432 e. The fourth-order valence-corrected chi connectivity index (χ4v) is 8.62. The fourth-order valence-electron chi connectivity index (χ4n) is 7.29. The van der Waals surface area contributed by atoms with E-state index in [9.17, 15) is 13.0 Å². The van der Waals surface area contributed by atoms with Crippen LogP contribution < -0.4 is 5.43 Å². The number of nitrogens with zero attached hydrogens (tertiary/aromatic N) is 6. The van der Waals surface area contributed by atoms with Gasteiger partial charge in [0.05, 0.1) is 35.3 Å². The Morgan fingerprint density at radius 1 is 1.15 bits per heavy atom. The zero-order chi connectivity index (χ0) is 33.5. The third-order valence-electron chi connectivity index (χ3n) is 9.77. The molecule has 5 aliphatic rings. The number of halogens is 3. The van der Waals surface area contributed by atoms with Crippen molar-refractivity contribution in [1.82, 2.24) is 19.6 Å². The topological polar surface area (TPSA) is 85.1 Å². The standard InChI is InChI=1S/C34H48F3N7O2S/c1-23(22-43-13-9-24(10-14-43)25-5-7-30-32(19-25)42(4)41-33(30)39-3)17-26-18-29(6-8-31(26)35)47(45)44-15-11-27(12-16-44)40-21-28(20-38-2)46-34(36)37/h5-8,18-21,23-24,26-27,30-32,34H,2,9-17,22H2,1,3-4H3,(H,39,41)/b28-20+,40-21?. The highest BCUT2D eigenvalue weighted by Crippen LogP contribution is 2.34. The van der Waals surface area contributed by atoms with Crippen LogP contribution in [-0.2, 0) is 15.7 Å². The molecule has 258 valence electrons. The lowest BCUT2D eigenvalue weighted by Gasteiger charge is -2.36. The smallest absolute Gasteiger partial charge is 0.387 e. The van der Waals surface area contributed by atoms with Crippen LogP contribution in [0.3, 0.4) is 0 Å². The molecule has 3 heterocycles. The molecule has 5 rings (SSSR count). The van der Waals surface area contributed by atoms with Crippen LogP contribution in [0.25, 0.3) is 0 Å². The summed E-state index contributed by atoms with van der Waals surface area (Å²) < 4.78 is 59.9. The van der Waals surface area contributed by atoms with E-state index in [1.807, 2.05) is 17.4 Å². The first-order valence-electron chi connectivity index (χ1n) is 16.6. The lowest BCUT2D eigenvalue weighted by atomic mass is 9.82. The number of nitrogens with one attached hydrogen (secondary N) is 1. The molecule has 6 unspecified atom stereocenters. The Hall–Kier alpha value is -2.87. The normalized spacial score (nSPS) is 30.8. The van der Waals surface area contributed by atoms with Crippen LogP contribution in [0.15, 0.2) is 73.9 Å². The summed E-state index contributed by atoms with van der Waals surface area (Å²) in [6.07, 6.45) is 17.4. The molecule has 3 aliphatic heterocycles. The number of likely N-dealkylation sites (N-methyl/N-ethyl adjacent to an activating group) is 1. The number of amidine groups is 1. The molecule has 3 saturated heterocycles. The van der Waals surface area contributed by atoms with Gasteiger partial charge < -0.3 is 15.1 Å². The van der Waals surface area contributed by atoms with Gasteiger partial charge in [-0.3, -0.25) is 15.0 Å². The van der Waals surface area contributed by atoms with Crippen molar-refractivity contribution < 1.29 is 22.1 Å². The Bertz CT molecular complexity index is 1350. The van der Waals surface area contributed by atoms with Crippen LogP contribution >= 0.6 is 0 Å². The number of piperidine rings is 2.